The third kappa shape index (κ3) is 2.74. The van der Waals surface area contributed by atoms with Crippen LogP contribution in [0.4, 0.5) is 13.2 Å². The maximum Gasteiger partial charge on any atom is 0.163 e. The molecule has 0 aromatic heterocycles. The fourth-order valence-corrected chi connectivity index (χ4v) is 2.05. The molecular weight excluding hydrogens is 275 g/mol. The zero-order valence-electron chi connectivity index (χ0n) is 10.1. The molecule has 0 amide bonds. The number of nitrogens with one attached hydrogen (secondary N) is 1. The van der Waals surface area contributed by atoms with Gasteiger partial charge in [-0.2, -0.15) is 0 Å². The molecule has 2 aromatic rings. The Morgan fingerprint density at radius 3 is 2.42 bits per heavy atom. The summed E-state index contributed by atoms with van der Waals surface area (Å²) in [5, 5.41) is 2.82. The molecule has 0 heterocycles. The van der Waals surface area contributed by atoms with Crippen molar-refractivity contribution in [1.82, 2.24) is 5.32 Å². The Hall–Kier alpha value is -1.52. The lowest BCUT2D eigenvalue weighted by atomic mass is 9.98. The van der Waals surface area contributed by atoms with Crippen molar-refractivity contribution in [3.8, 4) is 0 Å². The van der Waals surface area contributed by atoms with E-state index < -0.39 is 23.5 Å². The Morgan fingerprint density at radius 2 is 1.79 bits per heavy atom. The van der Waals surface area contributed by atoms with E-state index in [-0.39, 0.29) is 10.6 Å². The average Bonchev–Trinajstić information content (AvgIpc) is 2.39. The molecule has 2 aromatic carbocycles. The first-order chi connectivity index (χ1) is 9.04. The smallest absolute Gasteiger partial charge is 0.163 e. The molecule has 0 fully saturated rings. The van der Waals surface area contributed by atoms with Gasteiger partial charge in [0, 0.05) is 5.56 Å². The molecule has 19 heavy (non-hydrogen) atoms. The van der Waals surface area contributed by atoms with Gasteiger partial charge in [-0.1, -0.05) is 29.8 Å². The molecule has 0 aliphatic carbocycles. The monoisotopic (exact) mass is 285 g/mol. The second kappa shape index (κ2) is 5.63. The summed E-state index contributed by atoms with van der Waals surface area (Å²) in [6.07, 6.45) is 0. The van der Waals surface area contributed by atoms with Gasteiger partial charge in [0.25, 0.3) is 0 Å². The molecule has 0 bridgehead atoms. The first-order valence-corrected chi connectivity index (χ1v) is 5.98. The quantitative estimate of drug-likeness (QED) is 0.896. The molecule has 100 valence electrons. The molecule has 0 saturated heterocycles. The minimum Gasteiger partial charge on any atom is -0.309 e. The Morgan fingerprint density at radius 1 is 1.05 bits per heavy atom. The molecule has 0 spiro atoms. The average molecular weight is 286 g/mol. The lowest BCUT2D eigenvalue weighted by molar-refractivity contribution is 0.487. The van der Waals surface area contributed by atoms with Gasteiger partial charge < -0.3 is 5.32 Å². The van der Waals surface area contributed by atoms with Crippen molar-refractivity contribution < 1.29 is 13.2 Å². The van der Waals surface area contributed by atoms with E-state index in [0.29, 0.717) is 5.56 Å². The lowest BCUT2D eigenvalue weighted by Crippen LogP contribution is -2.19. The van der Waals surface area contributed by atoms with Crippen molar-refractivity contribution in [2.75, 3.05) is 7.05 Å². The second-order valence-corrected chi connectivity index (χ2v) is 4.45. The molecule has 2 rings (SSSR count). The van der Waals surface area contributed by atoms with E-state index in [1.807, 2.05) is 0 Å². The summed E-state index contributed by atoms with van der Waals surface area (Å²) < 4.78 is 40.5. The Bertz CT molecular complexity index is 601. The highest BCUT2D eigenvalue weighted by Gasteiger charge is 2.19. The zero-order chi connectivity index (χ0) is 14.0. The van der Waals surface area contributed by atoms with Gasteiger partial charge in [0.2, 0.25) is 0 Å². The Labute approximate surface area is 114 Å². The van der Waals surface area contributed by atoms with E-state index in [4.69, 9.17) is 11.6 Å². The van der Waals surface area contributed by atoms with Gasteiger partial charge >= 0.3 is 0 Å². The summed E-state index contributed by atoms with van der Waals surface area (Å²) >= 11 is 5.60. The predicted octanol–water partition coefficient (Wildman–Crippen LogP) is 4.07. The topological polar surface area (TPSA) is 12.0 Å². The number of halogens is 4. The van der Waals surface area contributed by atoms with Crippen molar-refractivity contribution in [1.29, 1.82) is 0 Å². The van der Waals surface area contributed by atoms with Crippen LogP contribution in [0.2, 0.25) is 5.02 Å². The van der Waals surface area contributed by atoms with Crippen LogP contribution in [0.3, 0.4) is 0 Å². The Kier molecular flexibility index (Phi) is 4.12. The third-order valence-corrected chi connectivity index (χ3v) is 3.16. The number of rotatable bonds is 3. The normalized spacial score (nSPS) is 12.5. The van der Waals surface area contributed by atoms with Crippen LogP contribution >= 0.6 is 11.6 Å². The van der Waals surface area contributed by atoms with E-state index in [1.165, 1.54) is 24.3 Å². The minimum atomic E-state index is -0.947. The minimum absolute atomic E-state index is 0.0154. The summed E-state index contributed by atoms with van der Waals surface area (Å²) in [4.78, 5) is 0. The van der Waals surface area contributed by atoms with E-state index in [2.05, 4.69) is 5.32 Å². The standard InChI is InChI=1S/C14H11ClF3N/c1-19-14(8-5-6-10(15)12(17)7-8)9-3-2-4-11(16)13(9)18/h2-7,14,19H,1H3. The SMILES string of the molecule is CNC(c1ccc(Cl)c(F)c1)c1cccc(F)c1F. The van der Waals surface area contributed by atoms with E-state index >= 15 is 0 Å². The maximum atomic E-state index is 13.8. The molecule has 0 aliphatic rings. The number of benzene rings is 2. The third-order valence-electron chi connectivity index (χ3n) is 2.86. The van der Waals surface area contributed by atoms with Gasteiger partial charge in [-0.25, -0.2) is 13.2 Å². The lowest BCUT2D eigenvalue weighted by Gasteiger charge is -2.18. The van der Waals surface area contributed by atoms with Crippen LogP contribution in [0, 0.1) is 17.5 Å². The van der Waals surface area contributed by atoms with Gasteiger partial charge in [-0.05, 0) is 30.8 Å². The first-order valence-electron chi connectivity index (χ1n) is 5.60. The van der Waals surface area contributed by atoms with Crippen LogP contribution in [0.1, 0.15) is 17.2 Å². The molecule has 1 atom stereocenters. The summed E-state index contributed by atoms with van der Waals surface area (Å²) in [6.45, 7) is 0. The van der Waals surface area contributed by atoms with Crippen molar-refractivity contribution in [3.05, 3.63) is 70.0 Å². The van der Waals surface area contributed by atoms with Crippen LogP contribution in [0.15, 0.2) is 36.4 Å². The Balaban J connectivity index is 2.50. The highest BCUT2D eigenvalue weighted by Crippen LogP contribution is 2.27. The van der Waals surface area contributed by atoms with Gasteiger partial charge in [-0.15, -0.1) is 0 Å². The van der Waals surface area contributed by atoms with E-state index in [9.17, 15) is 13.2 Å². The van der Waals surface area contributed by atoms with E-state index in [0.717, 1.165) is 6.07 Å². The number of hydrogen-bond acceptors (Lipinski definition) is 1. The van der Waals surface area contributed by atoms with E-state index in [1.54, 1.807) is 13.1 Å². The number of hydrogen-bond donors (Lipinski definition) is 1. The van der Waals surface area contributed by atoms with Crippen molar-refractivity contribution >= 4 is 11.6 Å². The van der Waals surface area contributed by atoms with Crippen LogP contribution in [0.5, 0.6) is 0 Å². The zero-order valence-corrected chi connectivity index (χ0v) is 10.8. The fraction of sp³-hybridized carbons (Fsp3) is 0.143. The van der Waals surface area contributed by atoms with Crippen LogP contribution < -0.4 is 5.32 Å². The van der Waals surface area contributed by atoms with Gasteiger partial charge in [0.05, 0.1) is 11.1 Å². The van der Waals surface area contributed by atoms with Crippen molar-refractivity contribution in [2.45, 2.75) is 6.04 Å². The molecule has 1 N–H and O–H groups in total. The van der Waals surface area contributed by atoms with Crippen molar-refractivity contribution in [2.24, 2.45) is 0 Å². The molecule has 0 saturated carbocycles. The second-order valence-electron chi connectivity index (χ2n) is 4.04. The molecule has 1 unspecified atom stereocenters. The van der Waals surface area contributed by atoms with Crippen LogP contribution in [-0.4, -0.2) is 7.05 Å². The molecule has 0 aliphatic heterocycles. The predicted molar refractivity (Wildman–Crippen MR) is 68.7 cm³/mol. The largest absolute Gasteiger partial charge is 0.309 e. The van der Waals surface area contributed by atoms with Crippen LogP contribution in [-0.2, 0) is 0 Å². The fourth-order valence-electron chi connectivity index (χ4n) is 1.94. The van der Waals surface area contributed by atoms with Gasteiger partial charge in [0.15, 0.2) is 11.6 Å². The highest BCUT2D eigenvalue weighted by atomic mass is 35.5. The molecular formula is C14H11ClF3N. The van der Waals surface area contributed by atoms with Gasteiger partial charge in [0.1, 0.15) is 5.82 Å². The summed E-state index contributed by atoms with van der Waals surface area (Å²) in [6, 6.07) is 7.39. The van der Waals surface area contributed by atoms with Gasteiger partial charge in [-0.3, -0.25) is 0 Å². The molecule has 0 radical (unpaired) electrons. The first kappa shape index (κ1) is 13.9. The maximum absolute atomic E-state index is 13.8. The van der Waals surface area contributed by atoms with Crippen LogP contribution in [0.25, 0.3) is 0 Å². The summed E-state index contributed by atoms with van der Waals surface area (Å²) in [5.74, 6) is -2.49. The highest BCUT2D eigenvalue weighted by molar-refractivity contribution is 6.30. The summed E-state index contributed by atoms with van der Waals surface area (Å²) in [7, 11) is 1.58. The van der Waals surface area contributed by atoms with Crippen molar-refractivity contribution in [3.63, 3.8) is 0 Å². The molecule has 5 heteroatoms. The summed E-state index contributed by atoms with van der Waals surface area (Å²) in [5.41, 5.74) is 0.582. The molecule has 1 nitrogen and oxygen atoms in total.